The molecule has 2 heterocycles. The smallest absolute Gasteiger partial charge is 0.152 e. The molecule has 0 saturated heterocycles. The molecule has 2 N–H and O–H groups in total. The van der Waals surface area contributed by atoms with Crippen LogP contribution in [0.3, 0.4) is 0 Å². The number of para-hydroxylation sites is 1. The summed E-state index contributed by atoms with van der Waals surface area (Å²) in [5.41, 5.74) is 10.1. The lowest BCUT2D eigenvalue weighted by atomic mass is 9.92. The highest BCUT2D eigenvalue weighted by Gasteiger charge is 2.30. The molecule has 0 atom stereocenters. The zero-order valence-electron chi connectivity index (χ0n) is 31.0. The number of phenols is 1. The molecule has 8 heteroatoms. The molecule has 54 heavy (non-hydrogen) atoms. The molecule has 0 spiro atoms. The van der Waals surface area contributed by atoms with E-state index < -0.39 is 0 Å². The molecule has 272 valence electrons. The van der Waals surface area contributed by atoms with Gasteiger partial charge in [-0.1, -0.05) is 60.7 Å². The Bertz CT molecular complexity index is 2580. The Morgan fingerprint density at radius 1 is 0.537 bits per heavy atom. The summed E-state index contributed by atoms with van der Waals surface area (Å²) in [4.78, 5) is 3.59. The number of hydrogen-bond donors (Lipinski definition) is 2. The van der Waals surface area contributed by atoms with Gasteiger partial charge < -0.3 is 38.3 Å². The lowest BCUT2D eigenvalue weighted by Gasteiger charge is -2.18. The molecule has 0 radical (unpaired) electrons. The first-order valence-electron chi connectivity index (χ1n) is 17.9. The first-order valence-corrected chi connectivity index (χ1v) is 17.9. The second kappa shape index (κ2) is 14.5. The third kappa shape index (κ3) is 5.99. The van der Waals surface area contributed by atoms with Gasteiger partial charge in [0.15, 0.2) is 5.75 Å². The zero-order valence-corrected chi connectivity index (χ0v) is 31.0. The minimum Gasteiger partial charge on any atom is -0.506 e. The summed E-state index contributed by atoms with van der Waals surface area (Å²) in [5, 5.41) is 14.2. The van der Waals surface area contributed by atoms with E-state index in [2.05, 4.69) is 64.1 Å². The maximum atomic E-state index is 11.2. The van der Waals surface area contributed by atoms with Crippen molar-refractivity contribution in [2.75, 3.05) is 35.5 Å². The molecule has 0 aliphatic rings. The van der Waals surface area contributed by atoms with Crippen LogP contribution >= 0.6 is 0 Å². The molecule has 0 saturated carbocycles. The quantitative estimate of drug-likeness (QED) is 0.131. The Balaban J connectivity index is 1.54. The number of nitrogens with zero attached hydrogens (tertiary/aromatic N) is 1. The summed E-state index contributed by atoms with van der Waals surface area (Å²) < 4.78 is 31.1. The maximum absolute atomic E-state index is 11.2. The summed E-state index contributed by atoms with van der Waals surface area (Å²) in [6.07, 6.45) is 1.41. The van der Waals surface area contributed by atoms with E-state index in [1.807, 2.05) is 54.6 Å². The van der Waals surface area contributed by atoms with Gasteiger partial charge in [-0.05, 0) is 83.3 Å². The Morgan fingerprint density at radius 2 is 1.06 bits per heavy atom. The van der Waals surface area contributed by atoms with Gasteiger partial charge in [-0.2, -0.15) is 0 Å². The van der Waals surface area contributed by atoms with Gasteiger partial charge in [0.1, 0.15) is 28.7 Å². The number of benzene rings is 6. The Morgan fingerprint density at radius 3 is 1.59 bits per heavy atom. The summed E-state index contributed by atoms with van der Waals surface area (Å²) in [6.45, 7) is 0.676. The predicted molar refractivity (Wildman–Crippen MR) is 216 cm³/mol. The van der Waals surface area contributed by atoms with Gasteiger partial charge in [0, 0.05) is 40.4 Å². The van der Waals surface area contributed by atoms with Crippen LogP contribution in [0.4, 0.5) is 0 Å². The lowest BCUT2D eigenvalue weighted by Crippen LogP contribution is -2.08. The molecule has 8 nitrogen and oxygen atoms in total. The van der Waals surface area contributed by atoms with E-state index in [-0.39, 0.29) is 5.75 Å². The first-order chi connectivity index (χ1) is 26.5. The summed E-state index contributed by atoms with van der Waals surface area (Å²) >= 11 is 0. The molecule has 8 aromatic rings. The summed E-state index contributed by atoms with van der Waals surface area (Å²) in [7, 11) is 8.45. The van der Waals surface area contributed by atoms with Gasteiger partial charge in [0.25, 0.3) is 0 Å². The number of aryl methyl sites for hydroxylation is 2. The molecular formula is C46H42N2O6. The fourth-order valence-electron chi connectivity index (χ4n) is 7.73. The van der Waals surface area contributed by atoms with Crippen LogP contribution in [0, 0.1) is 0 Å². The van der Waals surface area contributed by atoms with Crippen LogP contribution in [0.15, 0.2) is 115 Å². The van der Waals surface area contributed by atoms with E-state index in [1.54, 1.807) is 41.6 Å². The first kappa shape index (κ1) is 34.5. The van der Waals surface area contributed by atoms with Crippen LogP contribution in [0.1, 0.15) is 16.8 Å². The topological polar surface area (TPSA) is 87.1 Å². The minimum absolute atomic E-state index is 0.174. The van der Waals surface area contributed by atoms with Crippen LogP contribution in [-0.4, -0.2) is 50.2 Å². The third-order valence-corrected chi connectivity index (χ3v) is 10.4. The van der Waals surface area contributed by atoms with Crippen molar-refractivity contribution in [3.63, 3.8) is 0 Å². The van der Waals surface area contributed by atoms with Crippen molar-refractivity contribution in [1.29, 1.82) is 0 Å². The second-order valence-electron chi connectivity index (χ2n) is 13.3. The highest BCUT2D eigenvalue weighted by Crippen LogP contribution is 2.52. The van der Waals surface area contributed by atoms with E-state index in [0.717, 1.165) is 90.1 Å². The van der Waals surface area contributed by atoms with Crippen molar-refractivity contribution in [1.82, 2.24) is 9.55 Å². The van der Waals surface area contributed by atoms with Gasteiger partial charge in [-0.25, -0.2) is 0 Å². The normalized spacial score (nSPS) is 11.4. The van der Waals surface area contributed by atoms with Crippen molar-refractivity contribution >= 4 is 32.7 Å². The molecule has 0 bridgehead atoms. The van der Waals surface area contributed by atoms with Crippen LogP contribution in [0.25, 0.3) is 55.0 Å². The van der Waals surface area contributed by atoms with Crippen LogP contribution in [0.2, 0.25) is 0 Å². The molecule has 8 rings (SSSR count). The number of ether oxygens (including phenoxy) is 5. The van der Waals surface area contributed by atoms with E-state index in [1.165, 1.54) is 5.56 Å². The number of methoxy groups -OCH3 is 5. The zero-order chi connectivity index (χ0) is 37.3. The standard InChI is InChI=1S/C46H42N2O6/c1-50-32-17-9-28(10-18-32)25-26-48-37(27-29-11-19-33(51-2)20-12-29)39(30-13-21-34(52-3)22-14-30)42-41-36-7-6-8-38(49)43(36)47-44(41)46(54-5)40(45(42)48)31-15-23-35(53-4)24-16-31/h6-24,47,49H,25-27H2,1-5H3. The Labute approximate surface area is 314 Å². The van der Waals surface area contributed by atoms with Crippen molar-refractivity contribution in [2.45, 2.75) is 19.4 Å². The van der Waals surface area contributed by atoms with Gasteiger partial charge >= 0.3 is 0 Å². The lowest BCUT2D eigenvalue weighted by molar-refractivity contribution is 0.414. The molecule has 6 aromatic carbocycles. The summed E-state index contributed by atoms with van der Waals surface area (Å²) in [6, 6.07) is 38.7. The molecular weight excluding hydrogens is 677 g/mol. The number of nitrogens with one attached hydrogen (secondary N) is 1. The fraction of sp³-hybridized carbons (Fsp3) is 0.174. The Hall–Kier alpha value is -6.54. The molecule has 0 unspecified atom stereocenters. The van der Waals surface area contributed by atoms with Crippen LogP contribution < -0.4 is 23.7 Å². The fourth-order valence-corrected chi connectivity index (χ4v) is 7.73. The molecule has 2 aromatic heterocycles. The SMILES string of the molecule is COc1ccc(CCn2c(Cc3ccc(OC)cc3)c(-c3ccc(OC)cc3)c3c4c([nH]c5c(O)cccc54)c(OC)c(-c4ccc(OC)cc4)c32)cc1. The minimum atomic E-state index is 0.174. The number of fused-ring (bicyclic) bond motifs is 5. The second-order valence-corrected chi connectivity index (χ2v) is 13.3. The number of phenolic OH excluding ortho intramolecular Hbond substituents is 1. The van der Waals surface area contributed by atoms with Gasteiger partial charge in [-0.3, -0.25) is 0 Å². The molecule has 0 fully saturated rings. The largest absolute Gasteiger partial charge is 0.506 e. The average Bonchev–Trinajstić information content (AvgIpc) is 3.76. The van der Waals surface area contributed by atoms with Crippen molar-refractivity contribution in [3.05, 3.63) is 132 Å². The molecule has 0 aliphatic carbocycles. The number of aromatic amines is 1. The van der Waals surface area contributed by atoms with Crippen molar-refractivity contribution in [2.24, 2.45) is 0 Å². The summed E-state index contributed by atoms with van der Waals surface area (Å²) in [5.74, 6) is 4.04. The number of H-pyrrole nitrogens is 1. The molecule has 0 amide bonds. The number of aromatic nitrogens is 2. The van der Waals surface area contributed by atoms with E-state index in [4.69, 9.17) is 23.7 Å². The van der Waals surface area contributed by atoms with E-state index in [0.29, 0.717) is 24.2 Å². The van der Waals surface area contributed by atoms with Crippen molar-refractivity contribution in [3.8, 4) is 56.8 Å². The van der Waals surface area contributed by atoms with Gasteiger partial charge in [-0.15, -0.1) is 0 Å². The van der Waals surface area contributed by atoms with Crippen LogP contribution in [-0.2, 0) is 19.4 Å². The number of aromatic hydroxyl groups is 1. The van der Waals surface area contributed by atoms with Gasteiger partial charge in [0.05, 0.1) is 57.7 Å². The molecule has 0 aliphatic heterocycles. The van der Waals surface area contributed by atoms with E-state index in [9.17, 15) is 5.11 Å². The monoisotopic (exact) mass is 718 g/mol. The average molecular weight is 719 g/mol. The highest BCUT2D eigenvalue weighted by atomic mass is 16.5. The highest BCUT2D eigenvalue weighted by molar-refractivity contribution is 6.29. The van der Waals surface area contributed by atoms with Crippen LogP contribution in [0.5, 0.6) is 34.5 Å². The van der Waals surface area contributed by atoms with Crippen molar-refractivity contribution < 1.29 is 28.8 Å². The van der Waals surface area contributed by atoms with E-state index >= 15 is 0 Å². The third-order valence-electron chi connectivity index (χ3n) is 10.4. The van der Waals surface area contributed by atoms with Gasteiger partial charge in [0.2, 0.25) is 0 Å². The number of rotatable bonds is 12. The Kier molecular flexibility index (Phi) is 9.26. The predicted octanol–water partition coefficient (Wildman–Crippen LogP) is 10.2. The number of hydrogen-bond acceptors (Lipinski definition) is 6. The maximum Gasteiger partial charge on any atom is 0.152 e.